The molecule has 9 fully saturated rings. The molecule has 71 heavy (non-hydrogen) atoms. The zero-order valence-corrected chi connectivity index (χ0v) is 36.8. The Morgan fingerprint density at radius 2 is 1.03 bits per heavy atom. The average Bonchev–Trinajstić information content (AvgIpc) is 4.14. The van der Waals surface area contributed by atoms with E-state index in [-0.39, 0.29) is 88.2 Å². The third-order valence-electron chi connectivity index (χ3n) is 18.0. The van der Waals surface area contributed by atoms with Gasteiger partial charge in [0.05, 0.1) is 72.9 Å². The topological polar surface area (TPSA) is 276 Å². The van der Waals surface area contributed by atoms with Crippen molar-refractivity contribution in [1.82, 2.24) is 0 Å². The van der Waals surface area contributed by atoms with E-state index in [1.165, 1.54) is 6.92 Å². The fraction of sp³-hybridized carbons (Fsp3) is 0.808. The molecule has 0 amide bonds. The molecule has 0 aromatic heterocycles. The number of aliphatic carboxylic acids is 1. The van der Waals surface area contributed by atoms with Crippen LogP contribution >= 0.6 is 0 Å². The van der Waals surface area contributed by atoms with Crippen molar-refractivity contribution >= 4 is 59.7 Å². The summed E-state index contributed by atoms with van der Waals surface area (Å²) in [7, 11) is 1.10. The molecule has 402 valence electrons. The summed E-state index contributed by atoms with van der Waals surface area (Å²) in [5, 5.41) is 20.1. The maximum atomic E-state index is 14.6. The van der Waals surface area contributed by atoms with Crippen LogP contribution in [-0.2, 0) is 81.1 Å². The molecule has 3 heterocycles. The lowest BCUT2D eigenvalue weighted by Crippen LogP contribution is -2.53. The van der Waals surface area contributed by atoms with E-state index >= 15 is 0 Å². The van der Waals surface area contributed by atoms with Crippen molar-refractivity contribution in [3.8, 4) is 0 Å². The summed E-state index contributed by atoms with van der Waals surface area (Å²) in [6.45, 7) is 6.38. The molecule has 0 radical (unpaired) electrons. The van der Waals surface area contributed by atoms with Crippen LogP contribution in [-0.4, -0.2) is 103 Å². The van der Waals surface area contributed by atoms with Crippen LogP contribution < -0.4 is 0 Å². The molecular weight excluding hydrogens is 929 g/mol. The standard InChI is InChI=1S/C46H56O19.6CH4/c1-6-60-16(4)62-40(52)22-10-17-9-19(22)25(14(17)2)33-34(44(56)64-43(33)55)27-18-11-20(21(12-18)39(51)61-8-7-47)28(27)35-36(46(58)65-45(35)57)30-24-13-23(31(37(48)49)32(24)41(53)59-5)29(30)26-15(3)38(50)63-42(26)54;;;;;;/h14-36,47H,6-13H2,1-5H3,(H,48,49);6*1H4. The summed E-state index contributed by atoms with van der Waals surface area (Å²) in [6, 6.07) is 0. The summed E-state index contributed by atoms with van der Waals surface area (Å²) in [5.74, 6) is -28.5. The average molecular weight is 1010 g/mol. The van der Waals surface area contributed by atoms with Gasteiger partial charge in [0.1, 0.15) is 6.61 Å². The summed E-state index contributed by atoms with van der Waals surface area (Å²) in [5.41, 5.74) is 0. The Balaban J connectivity index is 0.00000222. The van der Waals surface area contributed by atoms with E-state index in [4.69, 9.17) is 33.2 Å². The number of esters is 9. The molecule has 23 unspecified atom stereocenters. The number of rotatable bonds is 14. The zero-order chi connectivity index (χ0) is 46.7. The fourth-order valence-electron chi connectivity index (χ4n) is 16.1. The van der Waals surface area contributed by atoms with Gasteiger partial charge in [0.2, 0.25) is 0 Å². The number of carboxylic acids is 1. The van der Waals surface area contributed by atoms with Gasteiger partial charge in [-0.05, 0) is 117 Å². The van der Waals surface area contributed by atoms with Crippen LogP contribution in [0.4, 0.5) is 0 Å². The summed E-state index contributed by atoms with van der Waals surface area (Å²) >= 11 is 0. The minimum absolute atomic E-state index is 0. The maximum Gasteiger partial charge on any atom is 0.317 e. The van der Waals surface area contributed by atoms with Crippen molar-refractivity contribution < 1.29 is 91.3 Å². The lowest BCUT2D eigenvalue weighted by molar-refractivity contribution is -0.182. The quantitative estimate of drug-likeness (QED) is 0.0953. The second-order valence-electron chi connectivity index (χ2n) is 20.2. The van der Waals surface area contributed by atoms with Crippen molar-refractivity contribution in [3.63, 3.8) is 0 Å². The highest BCUT2D eigenvalue weighted by atomic mass is 16.7. The number of methoxy groups -OCH3 is 1. The molecule has 3 aliphatic heterocycles. The second-order valence-corrected chi connectivity index (χ2v) is 20.2. The first-order valence-electron chi connectivity index (χ1n) is 23.1. The third kappa shape index (κ3) is 9.21. The SMILES string of the molecule is C.C.C.C.C.C.CCOC(C)OC(=O)C1CC2CC1C(C1C(=O)OC(=O)C1C1C3CC(C(=O)OCCO)C(C3)C1C1C(=O)OC(=O)C1C1C3CC(C(C(=O)O)C3C(=O)OC)C1C1C(=O)OC(=O)C1C)C2C. The largest absolute Gasteiger partial charge is 0.481 e. The van der Waals surface area contributed by atoms with Crippen LogP contribution in [0.3, 0.4) is 0 Å². The van der Waals surface area contributed by atoms with Crippen LogP contribution in [0, 0.1) is 130 Å². The van der Waals surface area contributed by atoms with Gasteiger partial charge in [0, 0.05) is 6.61 Å². The first-order valence-corrected chi connectivity index (χ1v) is 23.1. The highest BCUT2D eigenvalue weighted by molar-refractivity contribution is 6.00. The molecule has 6 bridgehead atoms. The first kappa shape index (κ1) is 60.5. The Morgan fingerprint density at radius 3 is 1.54 bits per heavy atom. The maximum absolute atomic E-state index is 14.6. The molecule has 3 saturated heterocycles. The number of carbonyl (C=O) groups excluding carboxylic acids is 9. The first-order chi connectivity index (χ1) is 30.9. The van der Waals surface area contributed by atoms with Crippen LogP contribution in [0.5, 0.6) is 0 Å². The Hall–Kier alpha value is -4.78. The molecule has 6 saturated carbocycles. The second kappa shape index (κ2) is 22.5. The molecule has 9 rings (SSSR count). The lowest BCUT2D eigenvalue weighted by atomic mass is 9.53. The highest BCUT2D eigenvalue weighted by Crippen LogP contribution is 2.70. The number of carbonyl (C=O) groups is 10. The van der Waals surface area contributed by atoms with Gasteiger partial charge in [-0.15, -0.1) is 0 Å². The molecule has 23 atom stereocenters. The van der Waals surface area contributed by atoms with Gasteiger partial charge < -0.3 is 43.4 Å². The Bertz CT molecular complexity index is 2080. The van der Waals surface area contributed by atoms with Gasteiger partial charge >= 0.3 is 59.7 Å². The number of carboxylic acid groups (broad SMARTS) is 1. The van der Waals surface area contributed by atoms with E-state index in [2.05, 4.69) is 0 Å². The number of ether oxygens (including phenoxy) is 7. The van der Waals surface area contributed by atoms with E-state index in [1.54, 1.807) is 13.8 Å². The Labute approximate surface area is 417 Å². The van der Waals surface area contributed by atoms with E-state index in [1.807, 2.05) is 6.92 Å². The van der Waals surface area contributed by atoms with Crippen molar-refractivity contribution in [2.75, 3.05) is 26.9 Å². The van der Waals surface area contributed by atoms with E-state index in [0.717, 1.165) is 7.11 Å². The van der Waals surface area contributed by atoms with Gasteiger partial charge in [-0.25, -0.2) is 0 Å². The normalized spacial score (nSPS) is 42.2. The minimum Gasteiger partial charge on any atom is -0.481 e. The zero-order valence-electron chi connectivity index (χ0n) is 36.8. The third-order valence-corrected chi connectivity index (χ3v) is 18.0. The van der Waals surface area contributed by atoms with E-state index < -0.39 is 185 Å². The molecule has 19 nitrogen and oxygen atoms in total. The van der Waals surface area contributed by atoms with Gasteiger partial charge in [0.15, 0.2) is 6.29 Å². The number of aliphatic hydroxyl groups excluding tert-OH is 1. The molecular formula is C52H80O19. The van der Waals surface area contributed by atoms with Crippen LogP contribution in [0.25, 0.3) is 0 Å². The van der Waals surface area contributed by atoms with Gasteiger partial charge in [-0.2, -0.15) is 0 Å². The number of hydrogen-bond donors (Lipinski definition) is 2. The van der Waals surface area contributed by atoms with Crippen molar-refractivity contribution in [3.05, 3.63) is 0 Å². The fourth-order valence-corrected chi connectivity index (χ4v) is 16.1. The molecule has 0 aromatic carbocycles. The number of aliphatic hydroxyl groups is 1. The monoisotopic (exact) mass is 1010 g/mol. The minimum atomic E-state index is -1.46. The predicted octanol–water partition coefficient (Wildman–Crippen LogP) is 5.40. The smallest absolute Gasteiger partial charge is 0.317 e. The van der Waals surface area contributed by atoms with Crippen LogP contribution in [0.2, 0.25) is 0 Å². The van der Waals surface area contributed by atoms with Crippen molar-refractivity contribution in [2.24, 2.45) is 130 Å². The molecule has 2 N–H and O–H groups in total. The van der Waals surface area contributed by atoms with E-state index in [9.17, 15) is 58.2 Å². The summed E-state index contributed by atoms with van der Waals surface area (Å²) < 4.78 is 37.7. The Morgan fingerprint density at radius 1 is 0.577 bits per heavy atom. The molecule has 0 aromatic rings. The number of cyclic esters (lactones) is 6. The number of fused-ring (bicyclic) bond motifs is 6. The van der Waals surface area contributed by atoms with Gasteiger partial charge in [0.25, 0.3) is 0 Å². The van der Waals surface area contributed by atoms with Crippen molar-refractivity contribution in [2.45, 2.75) is 111 Å². The van der Waals surface area contributed by atoms with Gasteiger partial charge in [-0.3, -0.25) is 47.9 Å². The molecule has 6 aliphatic carbocycles. The Kier molecular flexibility index (Phi) is 19.2. The van der Waals surface area contributed by atoms with Crippen LogP contribution in [0.1, 0.15) is 104 Å². The lowest BCUT2D eigenvalue weighted by Gasteiger charge is -2.46. The van der Waals surface area contributed by atoms with Crippen molar-refractivity contribution in [1.29, 1.82) is 0 Å². The van der Waals surface area contributed by atoms with E-state index in [0.29, 0.717) is 19.4 Å². The van der Waals surface area contributed by atoms with Crippen LogP contribution in [0.15, 0.2) is 0 Å². The number of hydrogen-bond acceptors (Lipinski definition) is 18. The molecule has 19 heteroatoms. The highest BCUT2D eigenvalue weighted by Gasteiger charge is 2.75. The summed E-state index contributed by atoms with van der Waals surface area (Å²) in [4.78, 5) is 138. The molecule has 0 spiro atoms. The van der Waals surface area contributed by atoms with Gasteiger partial charge in [-0.1, -0.05) is 58.4 Å². The molecule has 9 aliphatic rings. The predicted molar refractivity (Wildman–Crippen MR) is 250 cm³/mol. The summed E-state index contributed by atoms with van der Waals surface area (Å²) in [6.07, 6.45) is 0.791.